The molecule has 0 aromatic heterocycles. The van der Waals surface area contributed by atoms with Gasteiger partial charge < -0.3 is 20.0 Å². The van der Waals surface area contributed by atoms with Gasteiger partial charge in [0.15, 0.2) is 12.2 Å². The molecule has 0 aliphatic carbocycles. The van der Waals surface area contributed by atoms with Crippen LogP contribution in [0, 0.1) is 6.61 Å². The van der Waals surface area contributed by atoms with E-state index < -0.39 is 32.7 Å². The van der Waals surface area contributed by atoms with Crippen molar-refractivity contribution in [1.29, 1.82) is 0 Å². The molecule has 8 heteroatoms. The largest absolute Gasteiger partial charge is 0.711 e. The molecule has 1 rings (SSSR count). The summed E-state index contributed by atoms with van der Waals surface area (Å²) in [5, 5.41) is 18.0. The molecule has 1 heterocycles. The van der Waals surface area contributed by atoms with Gasteiger partial charge in [-0.3, -0.25) is 4.52 Å². The first kappa shape index (κ1) is 10.9. The standard InChI is InChI=1S/C5H9O7P/c6-3-1-11-4(5(3)7)2-12-13(8,9)10/h1,3-7H,2H2,(H-,8,9,10)/p+1/t3?,4-,5?/m1/s1. The van der Waals surface area contributed by atoms with Crippen molar-refractivity contribution in [3.8, 4) is 0 Å². The molecule has 1 fully saturated rings. The molecule has 76 valence electrons. The number of ether oxygens (including phenoxy) is 1. The van der Waals surface area contributed by atoms with Gasteiger partial charge >= 0.3 is 7.82 Å². The van der Waals surface area contributed by atoms with E-state index in [1.54, 1.807) is 0 Å². The Morgan fingerprint density at radius 2 is 2.31 bits per heavy atom. The van der Waals surface area contributed by atoms with Crippen molar-refractivity contribution in [3.63, 3.8) is 0 Å². The summed E-state index contributed by atoms with van der Waals surface area (Å²) >= 11 is 0. The van der Waals surface area contributed by atoms with Crippen LogP contribution in [0.25, 0.3) is 0 Å². The monoisotopic (exact) mass is 213 g/mol. The average Bonchev–Trinajstić information content (AvgIpc) is 2.29. The van der Waals surface area contributed by atoms with Crippen LogP contribution < -0.4 is 4.89 Å². The summed E-state index contributed by atoms with van der Waals surface area (Å²) in [5.41, 5.74) is 0. The second-order valence-corrected chi connectivity index (χ2v) is 3.84. The van der Waals surface area contributed by atoms with Gasteiger partial charge in [0.2, 0.25) is 0 Å². The Morgan fingerprint density at radius 3 is 2.69 bits per heavy atom. The third kappa shape index (κ3) is 3.24. The zero-order chi connectivity index (χ0) is 10.1. The van der Waals surface area contributed by atoms with Crippen LogP contribution in [0.3, 0.4) is 0 Å². The fraction of sp³-hybridized carbons (Fsp3) is 0.800. The van der Waals surface area contributed by atoms with Gasteiger partial charge in [-0.25, -0.2) is 4.57 Å². The van der Waals surface area contributed by atoms with E-state index in [0.29, 0.717) is 0 Å². The zero-order valence-electron chi connectivity index (χ0n) is 6.49. The number of hydrogen-bond acceptors (Lipinski definition) is 6. The van der Waals surface area contributed by atoms with Crippen molar-refractivity contribution >= 4 is 7.82 Å². The van der Waals surface area contributed by atoms with E-state index in [1.807, 2.05) is 0 Å². The van der Waals surface area contributed by atoms with Gasteiger partial charge in [-0.2, -0.15) is 4.74 Å². The first-order valence-corrected chi connectivity index (χ1v) is 5.00. The Morgan fingerprint density at radius 1 is 1.69 bits per heavy atom. The summed E-state index contributed by atoms with van der Waals surface area (Å²) in [4.78, 5) is 16.6. The highest BCUT2D eigenvalue weighted by Crippen LogP contribution is 2.32. The molecule has 0 bridgehead atoms. The minimum absolute atomic E-state index is 0.473. The second kappa shape index (κ2) is 3.93. The molecule has 1 aliphatic heterocycles. The lowest BCUT2D eigenvalue weighted by Gasteiger charge is -2.13. The molecule has 0 radical (unpaired) electrons. The van der Waals surface area contributed by atoms with Gasteiger partial charge in [-0.05, 0) is 0 Å². The van der Waals surface area contributed by atoms with Crippen molar-refractivity contribution in [3.05, 3.63) is 6.61 Å². The van der Waals surface area contributed by atoms with E-state index in [2.05, 4.69) is 9.26 Å². The number of aliphatic hydroxyl groups excluding tert-OH is 2. The molecule has 13 heavy (non-hydrogen) atoms. The Hall–Kier alpha value is -0.140. The van der Waals surface area contributed by atoms with Crippen LogP contribution in [-0.4, -0.2) is 40.0 Å². The Labute approximate surface area is 74.1 Å². The zero-order valence-corrected chi connectivity index (χ0v) is 7.39. The van der Waals surface area contributed by atoms with Crippen LogP contribution in [0.4, 0.5) is 0 Å². The van der Waals surface area contributed by atoms with Crippen LogP contribution >= 0.6 is 7.82 Å². The van der Waals surface area contributed by atoms with E-state index in [0.717, 1.165) is 6.61 Å². The molecule has 4 N–H and O–H groups in total. The van der Waals surface area contributed by atoms with E-state index in [9.17, 15) is 9.46 Å². The highest BCUT2D eigenvalue weighted by molar-refractivity contribution is 7.44. The summed E-state index contributed by atoms with van der Waals surface area (Å²) in [6.07, 6.45) is -3.31. The van der Waals surface area contributed by atoms with Crippen LogP contribution in [0.2, 0.25) is 0 Å². The molecule has 0 spiro atoms. The van der Waals surface area contributed by atoms with Crippen LogP contribution in [0.1, 0.15) is 0 Å². The molecule has 0 aromatic rings. The molecule has 1 saturated heterocycles. The molecule has 7 nitrogen and oxygen atoms in total. The van der Waals surface area contributed by atoms with Crippen molar-refractivity contribution in [2.75, 3.05) is 6.61 Å². The molecular weight excluding hydrogens is 203 g/mol. The topological polar surface area (TPSA) is 122 Å². The van der Waals surface area contributed by atoms with Crippen molar-refractivity contribution in [1.82, 2.24) is 0 Å². The third-order valence-corrected chi connectivity index (χ3v) is 2.02. The molecule has 1 aliphatic rings. The van der Waals surface area contributed by atoms with Crippen LogP contribution in [0.15, 0.2) is 0 Å². The van der Waals surface area contributed by atoms with Crippen LogP contribution in [-0.2, 0) is 13.8 Å². The van der Waals surface area contributed by atoms with Crippen LogP contribution in [0.5, 0.6) is 0 Å². The maximum absolute atomic E-state index is 10.2. The van der Waals surface area contributed by atoms with Gasteiger partial charge in [0, 0.05) is 0 Å². The maximum atomic E-state index is 10.2. The molecular formula is C5H10O7P+. The second-order valence-electron chi connectivity index (χ2n) is 2.59. The Balaban J connectivity index is 2.35. The lowest BCUT2D eigenvalue weighted by atomic mass is 10.2. The summed E-state index contributed by atoms with van der Waals surface area (Å²) in [5.74, 6) is 0. The fourth-order valence-corrected chi connectivity index (χ4v) is 1.21. The van der Waals surface area contributed by atoms with Gasteiger partial charge in [0.1, 0.15) is 0 Å². The predicted molar refractivity (Wildman–Crippen MR) is 38.4 cm³/mol. The number of rotatable bonds is 3. The fourth-order valence-electron chi connectivity index (χ4n) is 0.872. The van der Waals surface area contributed by atoms with E-state index in [-0.39, 0.29) is 0 Å². The molecule has 4 atom stereocenters. The van der Waals surface area contributed by atoms with Gasteiger partial charge in [0.25, 0.3) is 12.7 Å². The summed E-state index contributed by atoms with van der Waals surface area (Å²) in [6.45, 7) is 0.511. The molecule has 0 saturated carbocycles. The number of aliphatic hydroxyl groups is 2. The van der Waals surface area contributed by atoms with Crippen molar-refractivity contribution in [2.24, 2.45) is 0 Å². The highest BCUT2D eigenvalue weighted by atomic mass is 31.2. The smallest absolute Gasteiger partial charge is 0.425 e. The average molecular weight is 213 g/mol. The highest BCUT2D eigenvalue weighted by Gasteiger charge is 2.44. The first-order valence-electron chi connectivity index (χ1n) is 3.46. The van der Waals surface area contributed by atoms with Crippen molar-refractivity contribution < 1.29 is 33.8 Å². The summed E-state index contributed by atoms with van der Waals surface area (Å²) in [6, 6.07) is 0. The minimum atomic E-state index is -4.55. The third-order valence-electron chi connectivity index (χ3n) is 1.53. The van der Waals surface area contributed by atoms with Gasteiger partial charge in [-0.1, -0.05) is 0 Å². The van der Waals surface area contributed by atoms with Crippen molar-refractivity contribution in [2.45, 2.75) is 18.3 Å². The molecule has 0 amide bonds. The Bertz CT molecular complexity index is 213. The van der Waals surface area contributed by atoms with Gasteiger partial charge in [-0.15, -0.1) is 0 Å². The lowest BCUT2D eigenvalue weighted by molar-refractivity contribution is -0.222. The van der Waals surface area contributed by atoms with E-state index in [4.69, 9.17) is 15.1 Å². The normalized spacial score (nSPS) is 38.3. The minimum Gasteiger partial charge on any atom is -0.711 e. The molecule has 3 unspecified atom stereocenters. The summed E-state index contributed by atoms with van der Waals surface area (Å²) in [7, 11) is -4.55. The summed E-state index contributed by atoms with van der Waals surface area (Å²) < 4.78 is 19.0. The maximum Gasteiger partial charge on any atom is 0.425 e. The van der Waals surface area contributed by atoms with Gasteiger partial charge in [0.05, 0.1) is 6.61 Å². The molecule has 0 aromatic carbocycles. The lowest BCUT2D eigenvalue weighted by Crippen LogP contribution is -2.32. The SMILES string of the molecule is O=P([O-])([OH2+])OC[C@H]1O[CH+]C(O)C1O. The first-order chi connectivity index (χ1) is 5.90. The predicted octanol–water partition coefficient (Wildman–Crippen LogP) is -2.52. The quantitative estimate of drug-likeness (QED) is 0.303. The Kier molecular flexibility index (Phi) is 3.31. The number of hydrogen-bond donors (Lipinski definition) is 2. The van der Waals surface area contributed by atoms with E-state index >= 15 is 0 Å². The van der Waals surface area contributed by atoms with E-state index in [1.165, 1.54) is 0 Å².